The molecule has 2 aromatic heterocycles. The van der Waals surface area contributed by atoms with Gasteiger partial charge in [0.1, 0.15) is 5.75 Å². The van der Waals surface area contributed by atoms with Crippen LogP contribution < -0.4 is 9.47 Å². The van der Waals surface area contributed by atoms with E-state index in [-0.39, 0.29) is 11.6 Å². The first kappa shape index (κ1) is 14.4. The number of rotatable bonds is 3. The van der Waals surface area contributed by atoms with Crippen molar-refractivity contribution < 1.29 is 13.9 Å². The molecule has 4 aromatic rings. The topological polar surface area (TPSA) is 60.0 Å². The molecular formula is C18H14FN3O2. The van der Waals surface area contributed by atoms with E-state index in [2.05, 4.69) is 15.2 Å². The summed E-state index contributed by atoms with van der Waals surface area (Å²) in [5, 5.41) is 9.38. The fraction of sp³-hybridized carbons (Fsp3) is 0.111. The number of hydrogen-bond donors (Lipinski definition) is 1. The van der Waals surface area contributed by atoms with Gasteiger partial charge >= 0.3 is 0 Å². The summed E-state index contributed by atoms with van der Waals surface area (Å²) in [5.41, 5.74) is 2.32. The number of nitrogens with one attached hydrogen (secondary N) is 1. The number of aromatic amines is 1. The zero-order valence-corrected chi connectivity index (χ0v) is 13.1. The van der Waals surface area contributed by atoms with Gasteiger partial charge in [-0.1, -0.05) is 0 Å². The molecule has 0 amide bonds. The number of aryl methyl sites for hydroxylation is 1. The van der Waals surface area contributed by atoms with Gasteiger partial charge < -0.3 is 14.5 Å². The Balaban J connectivity index is 1.74. The molecule has 0 bridgehead atoms. The maximum absolute atomic E-state index is 14.6. The van der Waals surface area contributed by atoms with E-state index in [1.54, 1.807) is 43.5 Å². The Morgan fingerprint density at radius 3 is 2.75 bits per heavy atom. The molecule has 2 aromatic carbocycles. The fourth-order valence-electron chi connectivity index (χ4n) is 2.66. The number of fused-ring (bicyclic) bond motifs is 2. The van der Waals surface area contributed by atoms with Crippen molar-refractivity contribution >= 4 is 21.8 Å². The van der Waals surface area contributed by atoms with Crippen molar-refractivity contribution in [1.29, 1.82) is 0 Å². The molecule has 0 fully saturated rings. The summed E-state index contributed by atoms with van der Waals surface area (Å²) < 4.78 is 25.4. The van der Waals surface area contributed by atoms with E-state index >= 15 is 0 Å². The van der Waals surface area contributed by atoms with Crippen LogP contribution in [0.2, 0.25) is 0 Å². The highest BCUT2D eigenvalue weighted by Gasteiger charge is 2.12. The van der Waals surface area contributed by atoms with E-state index in [0.29, 0.717) is 16.7 Å². The second-order valence-corrected chi connectivity index (χ2v) is 5.50. The van der Waals surface area contributed by atoms with Crippen LogP contribution in [0.1, 0.15) is 5.69 Å². The van der Waals surface area contributed by atoms with Crippen LogP contribution in [0.5, 0.6) is 17.4 Å². The third kappa shape index (κ3) is 2.42. The lowest BCUT2D eigenvalue weighted by molar-refractivity contribution is 0.415. The van der Waals surface area contributed by atoms with Gasteiger partial charge in [-0.25, -0.2) is 4.39 Å². The molecule has 5 nitrogen and oxygen atoms in total. The quantitative estimate of drug-likeness (QED) is 0.608. The average molecular weight is 323 g/mol. The van der Waals surface area contributed by atoms with Crippen LogP contribution in [0.25, 0.3) is 21.8 Å². The lowest BCUT2D eigenvalue weighted by Gasteiger charge is -2.07. The molecule has 0 aliphatic carbocycles. The molecule has 1 N–H and O–H groups in total. The van der Waals surface area contributed by atoms with E-state index in [9.17, 15) is 4.39 Å². The number of aromatic nitrogens is 3. The van der Waals surface area contributed by atoms with Gasteiger partial charge in [-0.15, -0.1) is 10.2 Å². The number of H-pyrrole nitrogens is 1. The summed E-state index contributed by atoms with van der Waals surface area (Å²) >= 11 is 0. The van der Waals surface area contributed by atoms with Gasteiger partial charge in [-0.05, 0) is 43.3 Å². The van der Waals surface area contributed by atoms with E-state index < -0.39 is 5.82 Å². The summed E-state index contributed by atoms with van der Waals surface area (Å²) in [7, 11) is 1.59. The number of hydrogen-bond acceptors (Lipinski definition) is 4. The van der Waals surface area contributed by atoms with Gasteiger partial charge in [0.2, 0.25) is 5.88 Å². The summed E-state index contributed by atoms with van der Waals surface area (Å²) in [5.74, 6) is 0.612. The van der Waals surface area contributed by atoms with Crippen molar-refractivity contribution in [3.8, 4) is 17.4 Å². The highest BCUT2D eigenvalue weighted by molar-refractivity contribution is 5.83. The number of benzene rings is 2. The molecule has 4 rings (SSSR count). The summed E-state index contributed by atoms with van der Waals surface area (Å²) in [6, 6.07) is 12.2. The van der Waals surface area contributed by atoms with E-state index in [1.807, 2.05) is 13.0 Å². The Morgan fingerprint density at radius 1 is 1.04 bits per heavy atom. The largest absolute Gasteiger partial charge is 0.497 e. The Bertz CT molecular complexity index is 1060. The van der Waals surface area contributed by atoms with Gasteiger partial charge in [0, 0.05) is 28.0 Å². The fourth-order valence-corrected chi connectivity index (χ4v) is 2.66. The number of halogens is 1. The van der Waals surface area contributed by atoms with Crippen molar-refractivity contribution in [2.45, 2.75) is 6.92 Å². The van der Waals surface area contributed by atoms with Crippen molar-refractivity contribution in [1.82, 2.24) is 15.2 Å². The molecule has 0 radical (unpaired) electrons. The van der Waals surface area contributed by atoms with Gasteiger partial charge in [-0.3, -0.25) is 0 Å². The first-order chi connectivity index (χ1) is 11.6. The van der Waals surface area contributed by atoms with Crippen LogP contribution in [0, 0.1) is 12.7 Å². The van der Waals surface area contributed by atoms with Crippen LogP contribution in [0.3, 0.4) is 0 Å². The molecule has 0 atom stereocenters. The zero-order valence-electron chi connectivity index (χ0n) is 13.1. The molecule has 0 saturated heterocycles. The van der Waals surface area contributed by atoms with Crippen molar-refractivity contribution in [2.75, 3.05) is 7.11 Å². The molecular weight excluding hydrogens is 309 g/mol. The number of methoxy groups -OCH3 is 1. The third-order valence-corrected chi connectivity index (χ3v) is 3.82. The zero-order chi connectivity index (χ0) is 16.7. The SMILES string of the molecule is COc1ccc2nnc(Oc3ccc4[nH]c(C)cc4c3F)cc2c1. The molecule has 6 heteroatoms. The van der Waals surface area contributed by atoms with Gasteiger partial charge in [0.15, 0.2) is 11.6 Å². The van der Waals surface area contributed by atoms with Crippen LogP contribution in [-0.4, -0.2) is 22.3 Å². The summed E-state index contributed by atoms with van der Waals surface area (Å²) in [6.45, 7) is 1.88. The van der Waals surface area contributed by atoms with Crippen LogP contribution in [0.15, 0.2) is 42.5 Å². The Morgan fingerprint density at radius 2 is 1.92 bits per heavy atom. The smallest absolute Gasteiger partial charge is 0.239 e. The highest BCUT2D eigenvalue weighted by atomic mass is 19.1. The molecule has 0 spiro atoms. The van der Waals surface area contributed by atoms with E-state index in [4.69, 9.17) is 9.47 Å². The first-order valence-corrected chi connectivity index (χ1v) is 7.41. The molecule has 2 heterocycles. The van der Waals surface area contributed by atoms with Gasteiger partial charge in [0.05, 0.1) is 12.6 Å². The molecule has 0 aliphatic heterocycles. The van der Waals surface area contributed by atoms with E-state index in [0.717, 1.165) is 16.6 Å². The van der Waals surface area contributed by atoms with Crippen molar-refractivity contribution in [3.05, 3.63) is 54.0 Å². The summed E-state index contributed by atoms with van der Waals surface area (Å²) in [4.78, 5) is 3.09. The highest BCUT2D eigenvalue weighted by Crippen LogP contribution is 2.30. The summed E-state index contributed by atoms with van der Waals surface area (Å²) in [6.07, 6.45) is 0. The van der Waals surface area contributed by atoms with Crippen molar-refractivity contribution in [3.63, 3.8) is 0 Å². The predicted molar refractivity (Wildman–Crippen MR) is 89.2 cm³/mol. The number of nitrogens with zero attached hydrogens (tertiary/aromatic N) is 2. The Labute approximate surface area is 137 Å². The van der Waals surface area contributed by atoms with Crippen LogP contribution in [0.4, 0.5) is 4.39 Å². The predicted octanol–water partition coefficient (Wildman–Crippen LogP) is 4.36. The molecule has 120 valence electrons. The third-order valence-electron chi connectivity index (χ3n) is 3.82. The minimum Gasteiger partial charge on any atom is -0.497 e. The normalized spacial score (nSPS) is 11.1. The van der Waals surface area contributed by atoms with Crippen molar-refractivity contribution in [2.24, 2.45) is 0 Å². The van der Waals surface area contributed by atoms with Crippen LogP contribution >= 0.6 is 0 Å². The second kappa shape index (κ2) is 5.49. The van der Waals surface area contributed by atoms with E-state index in [1.165, 1.54) is 0 Å². The maximum atomic E-state index is 14.6. The lowest BCUT2D eigenvalue weighted by atomic mass is 10.2. The molecule has 0 saturated carbocycles. The Kier molecular flexibility index (Phi) is 3.30. The monoisotopic (exact) mass is 323 g/mol. The second-order valence-electron chi connectivity index (χ2n) is 5.50. The minimum atomic E-state index is -0.426. The maximum Gasteiger partial charge on any atom is 0.239 e. The van der Waals surface area contributed by atoms with Crippen LogP contribution in [-0.2, 0) is 0 Å². The molecule has 24 heavy (non-hydrogen) atoms. The lowest BCUT2D eigenvalue weighted by Crippen LogP contribution is -1.94. The molecule has 0 unspecified atom stereocenters. The van der Waals surface area contributed by atoms with Gasteiger partial charge in [-0.2, -0.15) is 0 Å². The van der Waals surface area contributed by atoms with Gasteiger partial charge in [0.25, 0.3) is 0 Å². The average Bonchev–Trinajstić information content (AvgIpc) is 2.98. The first-order valence-electron chi connectivity index (χ1n) is 7.41. The molecule has 0 aliphatic rings. The minimum absolute atomic E-state index is 0.109. The standard InChI is InChI=1S/C18H14FN3O2/c1-10-7-13-15(20-10)5-6-16(18(13)19)24-17-9-11-8-12(23-2)3-4-14(11)21-22-17/h3-9,20H,1-2H3. The Hall–Kier alpha value is -3.15. The number of ether oxygens (including phenoxy) is 2.